The average Bonchev–Trinajstić information content (AvgIpc) is 2.79. The third-order valence-corrected chi connectivity index (χ3v) is 7.78. The van der Waals surface area contributed by atoms with Crippen LogP contribution in [0.15, 0.2) is 24.3 Å². The Morgan fingerprint density at radius 3 is 1.27 bits per heavy atom. The number of phenolic OH excluding ortho intramolecular Hbond substituents is 1. The molecule has 0 aromatic heterocycles. The van der Waals surface area contributed by atoms with Gasteiger partial charge in [-0.25, -0.2) is 8.42 Å². The summed E-state index contributed by atoms with van der Waals surface area (Å²) in [4.78, 5) is 0. The third-order valence-electron chi connectivity index (χ3n) is 6.41. The lowest BCUT2D eigenvalue weighted by molar-refractivity contribution is 0.475. The van der Waals surface area contributed by atoms with Gasteiger partial charge in [0.15, 0.2) is 0 Å². The van der Waals surface area contributed by atoms with Crippen molar-refractivity contribution in [1.29, 1.82) is 0 Å². The minimum absolute atomic E-state index is 0.132. The summed E-state index contributed by atoms with van der Waals surface area (Å²) in [5, 5.41) is 9.26. The molecule has 0 amide bonds. The molecule has 0 radical (unpaired) electrons. The van der Waals surface area contributed by atoms with E-state index in [9.17, 15) is 13.5 Å². The minimum atomic E-state index is -3.30. The van der Waals surface area contributed by atoms with Crippen LogP contribution in [-0.2, 0) is 10.0 Å². The van der Waals surface area contributed by atoms with Crippen molar-refractivity contribution in [1.82, 2.24) is 0 Å². The van der Waals surface area contributed by atoms with Gasteiger partial charge in [-0.1, -0.05) is 129 Å². The van der Waals surface area contributed by atoms with Gasteiger partial charge in [0.2, 0.25) is 10.0 Å². The molecule has 0 heterocycles. The van der Waals surface area contributed by atoms with E-state index in [1.807, 2.05) is 0 Å². The molecule has 0 fully saturated rings. The van der Waals surface area contributed by atoms with Crippen molar-refractivity contribution >= 4 is 15.7 Å². The molecule has 0 unspecified atom stereocenters. The molecule has 4 nitrogen and oxygen atoms in total. The fourth-order valence-corrected chi connectivity index (χ4v) is 5.49. The molecule has 0 aliphatic carbocycles. The molecule has 1 rings (SSSR count). The zero-order chi connectivity index (χ0) is 24.0. The molecule has 0 bridgehead atoms. The third kappa shape index (κ3) is 18.8. The molecular formula is C28H51NO3S. The second kappa shape index (κ2) is 20.2. The Kier molecular flexibility index (Phi) is 18.2. The number of aromatic hydroxyl groups is 1. The van der Waals surface area contributed by atoms with Crippen molar-refractivity contribution in [3.63, 3.8) is 0 Å². The predicted molar refractivity (Wildman–Crippen MR) is 144 cm³/mol. The molecule has 0 saturated carbocycles. The SMILES string of the molecule is CCCCCCCCCCCCCCCCCCCCCCS(=O)(=O)Nc1ccc(O)cc1. The van der Waals surface area contributed by atoms with Gasteiger partial charge in [0.25, 0.3) is 0 Å². The molecule has 1 aromatic carbocycles. The summed E-state index contributed by atoms with van der Waals surface area (Å²) in [5.41, 5.74) is 0.501. The number of nitrogens with one attached hydrogen (secondary N) is 1. The van der Waals surface area contributed by atoms with Crippen molar-refractivity contribution in [2.75, 3.05) is 10.5 Å². The van der Waals surface area contributed by atoms with Gasteiger partial charge >= 0.3 is 0 Å². The van der Waals surface area contributed by atoms with Crippen LogP contribution in [-0.4, -0.2) is 19.3 Å². The van der Waals surface area contributed by atoms with Gasteiger partial charge in [0, 0.05) is 5.69 Å². The Morgan fingerprint density at radius 1 is 0.576 bits per heavy atom. The van der Waals surface area contributed by atoms with E-state index in [1.54, 1.807) is 12.1 Å². The molecule has 33 heavy (non-hydrogen) atoms. The van der Waals surface area contributed by atoms with Gasteiger partial charge in [0.1, 0.15) is 5.75 Å². The Bertz CT molecular complexity index is 658. The van der Waals surface area contributed by atoms with E-state index in [0.29, 0.717) is 12.1 Å². The summed E-state index contributed by atoms with van der Waals surface area (Å²) < 4.78 is 26.8. The molecular weight excluding hydrogens is 430 g/mol. The van der Waals surface area contributed by atoms with Gasteiger partial charge in [-0.3, -0.25) is 4.72 Å². The van der Waals surface area contributed by atoms with E-state index < -0.39 is 10.0 Å². The van der Waals surface area contributed by atoms with Crippen LogP contribution in [0.3, 0.4) is 0 Å². The lowest BCUT2D eigenvalue weighted by atomic mass is 10.0. The molecule has 192 valence electrons. The maximum absolute atomic E-state index is 12.1. The van der Waals surface area contributed by atoms with Crippen LogP contribution in [0.25, 0.3) is 0 Å². The van der Waals surface area contributed by atoms with Crippen molar-refractivity contribution in [3.8, 4) is 5.75 Å². The summed E-state index contributed by atoms with van der Waals surface area (Å²) in [5.74, 6) is 0.291. The Morgan fingerprint density at radius 2 is 0.909 bits per heavy atom. The van der Waals surface area contributed by atoms with Crippen molar-refractivity contribution < 1.29 is 13.5 Å². The smallest absolute Gasteiger partial charge is 0.232 e. The van der Waals surface area contributed by atoms with Gasteiger partial charge in [-0.05, 0) is 30.7 Å². The maximum Gasteiger partial charge on any atom is 0.232 e. The number of benzene rings is 1. The first-order valence-electron chi connectivity index (χ1n) is 13.8. The number of anilines is 1. The first kappa shape index (κ1) is 29.8. The lowest BCUT2D eigenvalue weighted by Crippen LogP contribution is -2.16. The number of hydrogen-bond donors (Lipinski definition) is 2. The van der Waals surface area contributed by atoms with E-state index in [4.69, 9.17) is 0 Å². The second-order valence-electron chi connectivity index (χ2n) is 9.69. The number of unbranched alkanes of at least 4 members (excludes halogenated alkanes) is 19. The molecule has 0 saturated heterocycles. The van der Waals surface area contributed by atoms with Crippen LogP contribution in [0, 0.1) is 0 Å². The van der Waals surface area contributed by atoms with Crippen molar-refractivity contribution in [2.24, 2.45) is 0 Å². The monoisotopic (exact) mass is 481 g/mol. The molecule has 1 aromatic rings. The first-order chi connectivity index (χ1) is 16.0. The van der Waals surface area contributed by atoms with Crippen LogP contribution < -0.4 is 4.72 Å². The summed E-state index contributed by atoms with van der Waals surface area (Å²) in [7, 11) is -3.30. The quantitative estimate of drug-likeness (QED) is 0.121. The largest absolute Gasteiger partial charge is 0.508 e. The highest BCUT2D eigenvalue weighted by Crippen LogP contribution is 2.17. The molecule has 2 N–H and O–H groups in total. The Balaban J connectivity index is 1.80. The highest BCUT2D eigenvalue weighted by atomic mass is 32.2. The van der Waals surface area contributed by atoms with Crippen LogP contribution in [0.2, 0.25) is 0 Å². The minimum Gasteiger partial charge on any atom is -0.508 e. The van der Waals surface area contributed by atoms with E-state index in [2.05, 4.69) is 11.6 Å². The topological polar surface area (TPSA) is 66.4 Å². The second-order valence-corrected chi connectivity index (χ2v) is 11.5. The van der Waals surface area contributed by atoms with Crippen LogP contribution >= 0.6 is 0 Å². The zero-order valence-electron chi connectivity index (χ0n) is 21.3. The number of rotatable bonds is 23. The summed E-state index contributed by atoms with van der Waals surface area (Å²) in [6.45, 7) is 2.28. The van der Waals surface area contributed by atoms with Crippen molar-refractivity contribution in [3.05, 3.63) is 24.3 Å². The van der Waals surface area contributed by atoms with E-state index in [-0.39, 0.29) is 11.5 Å². The summed E-state index contributed by atoms with van der Waals surface area (Å²) >= 11 is 0. The fourth-order valence-electron chi connectivity index (χ4n) is 4.31. The van der Waals surface area contributed by atoms with E-state index in [1.165, 1.54) is 121 Å². The number of sulfonamides is 1. The summed E-state index contributed by atoms with van der Waals surface area (Å²) in [6.07, 6.45) is 26.3. The molecule has 0 aliphatic rings. The zero-order valence-corrected chi connectivity index (χ0v) is 22.1. The van der Waals surface area contributed by atoms with Gasteiger partial charge in [0.05, 0.1) is 5.75 Å². The van der Waals surface area contributed by atoms with Gasteiger partial charge in [-0.15, -0.1) is 0 Å². The summed E-state index contributed by atoms with van der Waals surface area (Å²) in [6, 6.07) is 6.11. The van der Waals surface area contributed by atoms with Crippen LogP contribution in [0.4, 0.5) is 5.69 Å². The fraction of sp³-hybridized carbons (Fsp3) is 0.786. The number of hydrogen-bond acceptors (Lipinski definition) is 3. The molecule has 0 spiro atoms. The van der Waals surface area contributed by atoms with Gasteiger partial charge in [-0.2, -0.15) is 0 Å². The Labute approximate surface area is 205 Å². The average molecular weight is 482 g/mol. The first-order valence-corrected chi connectivity index (χ1v) is 15.5. The maximum atomic E-state index is 12.1. The lowest BCUT2D eigenvalue weighted by Gasteiger charge is -2.08. The van der Waals surface area contributed by atoms with E-state index >= 15 is 0 Å². The van der Waals surface area contributed by atoms with E-state index in [0.717, 1.165) is 12.8 Å². The van der Waals surface area contributed by atoms with Crippen LogP contribution in [0.1, 0.15) is 135 Å². The normalized spacial score (nSPS) is 11.7. The molecule has 5 heteroatoms. The number of phenols is 1. The van der Waals surface area contributed by atoms with Crippen LogP contribution in [0.5, 0.6) is 5.75 Å². The van der Waals surface area contributed by atoms with Crippen molar-refractivity contribution in [2.45, 2.75) is 135 Å². The standard InChI is InChI=1S/C28H51NO3S/c1-2-3-4-5-6-7-8-9-10-11-12-13-14-15-16-17-18-19-20-21-26-33(31,32)29-27-22-24-28(30)25-23-27/h22-25,29-30H,2-21,26H2,1H3. The highest BCUT2D eigenvalue weighted by Gasteiger charge is 2.09. The predicted octanol–water partition coefficient (Wildman–Crippen LogP) is 8.96. The molecule has 0 aliphatic heterocycles. The Hall–Kier alpha value is -1.23. The molecule has 0 atom stereocenters. The van der Waals surface area contributed by atoms with Gasteiger partial charge < -0.3 is 5.11 Å². The highest BCUT2D eigenvalue weighted by molar-refractivity contribution is 7.92.